The molecule has 0 bridgehead atoms. The van der Waals surface area contributed by atoms with Crippen LogP contribution in [0.4, 0.5) is 10.1 Å². The standard InChI is InChI=1S/C41H47ClFN3O5/c1-41(2,3)27-46-34-19-18-30(42)24-32(34)38(51-36(40(46)48)25-37(47)45-26-29-14-8-9-16-33(29)43)31-15-10-17-35(39(31)49-4)50-23-11-21-44-22-20-28-12-6-5-7-13-28/h5-10,12-19,24,36,38,44H,11,20-23,25-27H2,1-4H3,(H,45,47)/t36-,38-/m1/s1. The Kier molecular flexibility index (Phi) is 13.1. The first-order valence-electron chi connectivity index (χ1n) is 17.3. The number of rotatable bonds is 15. The van der Waals surface area contributed by atoms with Gasteiger partial charge in [-0.05, 0) is 67.2 Å². The number of ether oxygens (including phenoxy) is 3. The first-order chi connectivity index (χ1) is 24.5. The lowest BCUT2D eigenvalue weighted by Gasteiger charge is -2.31. The number of nitrogens with one attached hydrogen (secondary N) is 2. The van der Waals surface area contributed by atoms with Gasteiger partial charge in [-0.1, -0.05) is 93.0 Å². The van der Waals surface area contributed by atoms with Crippen LogP contribution in [0.5, 0.6) is 11.5 Å². The van der Waals surface area contributed by atoms with Crippen molar-refractivity contribution < 1.29 is 28.2 Å². The van der Waals surface area contributed by atoms with E-state index >= 15 is 0 Å². The number of carbonyl (C=O) groups excluding carboxylic acids is 2. The summed E-state index contributed by atoms with van der Waals surface area (Å²) in [5, 5.41) is 6.70. The Morgan fingerprint density at radius 1 is 0.961 bits per heavy atom. The third-order valence-electron chi connectivity index (χ3n) is 8.53. The summed E-state index contributed by atoms with van der Waals surface area (Å²) in [4.78, 5) is 29.3. The molecule has 51 heavy (non-hydrogen) atoms. The van der Waals surface area contributed by atoms with Gasteiger partial charge in [0.25, 0.3) is 5.91 Å². The van der Waals surface area contributed by atoms with Crippen LogP contribution in [0.25, 0.3) is 0 Å². The molecule has 2 atom stereocenters. The summed E-state index contributed by atoms with van der Waals surface area (Å²) in [5.74, 6) is -0.228. The molecule has 0 aliphatic carbocycles. The number of benzene rings is 4. The smallest absolute Gasteiger partial charge is 0.256 e. The van der Waals surface area contributed by atoms with E-state index in [0.717, 1.165) is 25.9 Å². The van der Waals surface area contributed by atoms with Gasteiger partial charge in [0.1, 0.15) is 18.0 Å². The number of para-hydroxylation sites is 1. The molecule has 2 amide bonds. The van der Waals surface area contributed by atoms with Crippen molar-refractivity contribution in [2.75, 3.05) is 38.3 Å². The maximum atomic E-state index is 14.3. The summed E-state index contributed by atoms with van der Waals surface area (Å²) in [7, 11) is 1.57. The average Bonchev–Trinajstić information content (AvgIpc) is 3.21. The monoisotopic (exact) mass is 715 g/mol. The van der Waals surface area contributed by atoms with E-state index in [0.29, 0.717) is 52.1 Å². The summed E-state index contributed by atoms with van der Waals surface area (Å²) in [6.45, 7) is 8.58. The van der Waals surface area contributed by atoms with E-state index < -0.39 is 23.9 Å². The van der Waals surface area contributed by atoms with Gasteiger partial charge in [0, 0.05) is 40.5 Å². The number of hydrogen-bond acceptors (Lipinski definition) is 6. The van der Waals surface area contributed by atoms with Gasteiger partial charge in [-0.15, -0.1) is 0 Å². The maximum absolute atomic E-state index is 14.3. The van der Waals surface area contributed by atoms with E-state index in [4.69, 9.17) is 25.8 Å². The number of amides is 2. The summed E-state index contributed by atoms with van der Waals surface area (Å²) in [5.41, 5.74) is 3.27. The van der Waals surface area contributed by atoms with Crippen molar-refractivity contribution in [2.24, 2.45) is 5.41 Å². The van der Waals surface area contributed by atoms with Gasteiger partial charge in [0.05, 0.1) is 20.1 Å². The van der Waals surface area contributed by atoms with Crippen LogP contribution in [0.15, 0.2) is 91.0 Å². The highest BCUT2D eigenvalue weighted by molar-refractivity contribution is 6.30. The highest BCUT2D eigenvalue weighted by Gasteiger charge is 2.40. The fourth-order valence-electron chi connectivity index (χ4n) is 6.11. The summed E-state index contributed by atoms with van der Waals surface area (Å²) >= 11 is 6.58. The van der Waals surface area contributed by atoms with Crippen LogP contribution in [0.2, 0.25) is 5.02 Å². The number of anilines is 1. The first-order valence-corrected chi connectivity index (χ1v) is 17.7. The van der Waals surface area contributed by atoms with Crippen LogP contribution in [-0.2, 0) is 27.3 Å². The average molecular weight is 716 g/mol. The molecule has 2 N–H and O–H groups in total. The molecule has 5 rings (SSSR count). The largest absolute Gasteiger partial charge is 0.492 e. The zero-order chi connectivity index (χ0) is 36.4. The number of nitrogens with zero attached hydrogens (tertiary/aromatic N) is 1. The molecule has 0 spiro atoms. The van der Waals surface area contributed by atoms with Crippen molar-refractivity contribution in [1.82, 2.24) is 10.6 Å². The van der Waals surface area contributed by atoms with E-state index in [1.165, 1.54) is 11.6 Å². The number of fused-ring (bicyclic) bond motifs is 1. The minimum Gasteiger partial charge on any atom is -0.492 e. The highest BCUT2D eigenvalue weighted by atomic mass is 35.5. The van der Waals surface area contributed by atoms with Crippen LogP contribution in [0.3, 0.4) is 0 Å². The molecule has 10 heteroatoms. The van der Waals surface area contributed by atoms with Gasteiger partial charge in [0.15, 0.2) is 11.5 Å². The Labute approximate surface area is 305 Å². The van der Waals surface area contributed by atoms with Crippen LogP contribution in [0.1, 0.15) is 62.0 Å². The van der Waals surface area contributed by atoms with Crippen molar-refractivity contribution in [1.29, 1.82) is 0 Å². The molecular weight excluding hydrogens is 669 g/mol. The lowest BCUT2D eigenvalue weighted by atomic mass is 9.94. The van der Waals surface area contributed by atoms with Gasteiger partial charge in [0.2, 0.25) is 5.91 Å². The van der Waals surface area contributed by atoms with E-state index in [9.17, 15) is 14.0 Å². The van der Waals surface area contributed by atoms with Gasteiger partial charge in [-0.2, -0.15) is 0 Å². The molecule has 270 valence electrons. The molecule has 0 saturated heterocycles. The van der Waals surface area contributed by atoms with Crippen molar-refractivity contribution in [3.05, 3.63) is 124 Å². The highest BCUT2D eigenvalue weighted by Crippen LogP contribution is 2.45. The molecule has 8 nitrogen and oxygen atoms in total. The minimum absolute atomic E-state index is 0.0207. The summed E-state index contributed by atoms with van der Waals surface area (Å²) < 4.78 is 33.1. The number of hydrogen-bond donors (Lipinski definition) is 2. The second-order valence-corrected chi connectivity index (χ2v) is 14.3. The van der Waals surface area contributed by atoms with E-state index in [1.807, 2.05) is 63.2 Å². The van der Waals surface area contributed by atoms with Gasteiger partial charge < -0.3 is 29.7 Å². The van der Waals surface area contributed by atoms with Crippen molar-refractivity contribution in [2.45, 2.75) is 58.8 Å². The van der Waals surface area contributed by atoms with Crippen molar-refractivity contribution in [3.8, 4) is 11.5 Å². The quantitative estimate of drug-likeness (QED) is 0.123. The maximum Gasteiger partial charge on any atom is 0.256 e. The molecule has 0 aromatic heterocycles. The third kappa shape index (κ3) is 10.3. The molecule has 1 heterocycles. The van der Waals surface area contributed by atoms with Gasteiger partial charge in [-0.3, -0.25) is 9.59 Å². The molecule has 0 unspecified atom stereocenters. The van der Waals surface area contributed by atoms with Crippen molar-refractivity contribution >= 4 is 29.1 Å². The molecular formula is C41H47ClFN3O5. The molecule has 4 aromatic carbocycles. The topological polar surface area (TPSA) is 89.1 Å². The molecule has 1 aliphatic rings. The Balaban J connectivity index is 1.38. The van der Waals surface area contributed by atoms with Crippen molar-refractivity contribution in [3.63, 3.8) is 0 Å². The number of carbonyl (C=O) groups is 2. The van der Waals surface area contributed by atoms with Crippen LogP contribution in [0, 0.1) is 11.2 Å². The number of methoxy groups -OCH3 is 1. The fraction of sp³-hybridized carbons (Fsp3) is 0.366. The second kappa shape index (κ2) is 17.7. The normalized spacial score (nSPS) is 16.0. The zero-order valence-electron chi connectivity index (χ0n) is 29.7. The molecule has 0 radical (unpaired) electrons. The van der Waals surface area contributed by atoms with E-state index in [-0.39, 0.29) is 24.3 Å². The Bertz CT molecular complexity index is 1780. The van der Waals surface area contributed by atoms with Crippen LogP contribution in [-0.4, -0.2) is 51.3 Å². The van der Waals surface area contributed by atoms with E-state index in [2.05, 4.69) is 22.8 Å². The first kappa shape index (κ1) is 37.8. The van der Waals surface area contributed by atoms with E-state index in [1.54, 1.807) is 42.3 Å². The lowest BCUT2D eigenvalue weighted by molar-refractivity contribution is -0.138. The molecule has 4 aromatic rings. The summed E-state index contributed by atoms with van der Waals surface area (Å²) in [6.07, 6.45) is -0.549. The molecule has 0 saturated carbocycles. The van der Waals surface area contributed by atoms with Gasteiger partial charge >= 0.3 is 0 Å². The summed E-state index contributed by atoms with van der Waals surface area (Å²) in [6, 6.07) is 27.5. The number of halogens is 2. The lowest BCUT2D eigenvalue weighted by Crippen LogP contribution is -2.45. The third-order valence-corrected chi connectivity index (χ3v) is 8.76. The Morgan fingerprint density at radius 3 is 2.47 bits per heavy atom. The second-order valence-electron chi connectivity index (χ2n) is 13.8. The Hall–Kier alpha value is -4.44. The Morgan fingerprint density at radius 2 is 1.73 bits per heavy atom. The zero-order valence-corrected chi connectivity index (χ0v) is 30.5. The predicted octanol–water partition coefficient (Wildman–Crippen LogP) is 7.66. The van der Waals surface area contributed by atoms with Crippen LogP contribution >= 0.6 is 11.6 Å². The predicted molar refractivity (Wildman–Crippen MR) is 199 cm³/mol. The minimum atomic E-state index is -1.17. The SMILES string of the molecule is COc1c(OCCCNCCc2ccccc2)cccc1[C@H]1O[C@H](CC(=O)NCc2ccccc2F)C(=O)N(CC(C)(C)C)c2ccc(Cl)cc21. The molecule has 0 fully saturated rings. The molecule has 1 aliphatic heterocycles. The fourth-order valence-corrected chi connectivity index (χ4v) is 6.29. The van der Waals surface area contributed by atoms with Crippen LogP contribution < -0.4 is 25.0 Å². The van der Waals surface area contributed by atoms with Gasteiger partial charge in [-0.25, -0.2) is 4.39 Å².